The summed E-state index contributed by atoms with van der Waals surface area (Å²) in [5.74, 6) is 2.56. The first-order valence-electron chi connectivity index (χ1n) is 5.07. The van der Waals surface area contributed by atoms with E-state index in [1.54, 1.807) is 20.9 Å². The lowest BCUT2D eigenvalue weighted by Crippen LogP contribution is -2.50. The summed E-state index contributed by atoms with van der Waals surface area (Å²) in [5.41, 5.74) is 0. The van der Waals surface area contributed by atoms with Gasteiger partial charge in [-0.05, 0) is 33.7 Å². The second kappa shape index (κ2) is 5.53. The van der Waals surface area contributed by atoms with E-state index >= 15 is 0 Å². The Balaban J connectivity index is 4.61. The van der Waals surface area contributed by atoms with Crippen LogP contribution in [0.2, 0.25) is 0 Å². The quantitative estimate of drug-likeness (QED) is 0.552. The minimum Gasteiger partial charge on any atom is -0.315 e. The molecule has 0 rings (SSSR count). The summed E-state index contributed by atoms with van der Waals surface area (Å²) in [4.78, 5) is 0. The third-order valence-electron chi connectivity index (χ3n) is 2.96. The topological polar surface area (TPSA) is 46.2 Å². The zero-order chi connectivity index (χ0) is 12.1. The van der Waals surface area contributed by atoms with Gasteiger partial charge in [-0.2, -0.15) is 0 Å². The third kappa shape index (κ3) is 3.84. The molecule has 0 amide bonds. The predicted molar refractivity (Wildman–Crippen MR) is 64.5 cm³/mol. The Labute approximate surface area is 93.6 Å². The number of nitrogens with one attached hydrogen (secondary N) is 1. The lowest BCUT2D eigenvalue weighted by Gasteiger charge is -2.32. The van der Waals surface area contributed by atoms with Crippen LogP contribution in [0, 0.1) is 12.3 Å². The number of hydrogen-bond acceptors (Lipinski definition) is 3. The van der Waals surface area contributed by atoms with Crippen molar-refractivity contribution in [2.75, 3.05) is 13.3 Å². The van der Waals surface area contributed by atoms with Gasteiger partial charge in [0.05, 0.1) is 4.75 Å². The molecular formula is C11H21NO2S. The summed E-state index contributed by atoms with van der Waals surface area (Å²) < 4.78 is 22.5. The van der Waals surface area contributed by atoms with E-state index in [1.165, 1.54) is 6.26 Å². The average molecular weight is 231 g/mol. The maximum Gasteiger partial charge on any atom is 0.154 e. The Bertz CT molecular complexity index is 325. The van der Waals surface area contributed by atoms with E-state index in [1.807, 2.05) is 0 Å². The molecule has 0 heterocycles. The largest absolute Gasteiger partial charge is 0.315 e. The molecule has 0 radical (unpaired) electrons. The molecule has 0 aliphatic heterocycles. The van der Waals surface area contributed by atoms with Gasteiger partial charge in [0.15, 0.2) is 9.84 Å². The van der Waals surface area contributed by atoms with Gasteiger partial charge >= 0.3 is 0 Å². The van der Waals surface area contributed by atoms with E-state index in [-0.39, 0.29) is 6.04 Å². The second-order valence-electron chi connectivity index (χ2n) is 4.31. The monoisotopic (exact) mass is 231 g/mol. The van der Waals surface area contributed by atoms with Crippen molar-refractivity contribution in [1.82, 2.24) is 5.32 Å². The molecule has 0 spiro atoms. The fourth-order valence-electron chi connectivity index (χ4n) is 1.51. The van der Waals surface area contributed by atoms with Gasteiger partial charge in [-0.1, -0.05) is 0 Å². The van der Waals surface area contributed by atoms with Crippen LogP contribution in [0.3, 0.4) is 0 Å². The van der Waals surface area contributed by atoms with Crippen LogP contribution in [-0.4, -0.2) is 32.5 Å². The summed E-state index contributed by atoms with van der Waals surface area (Å²) in [5, 5.41) is 3.06. The van der Waals surface area contributed by atoms with Crippen LogP contribution in [0.4, 0.5) is 0 Å². The highest BCUT2D eigenvalue weighted by molar-refractivity contribution is 7.92. The Kier molecular flexibility index (Phi) is 5.33. The molecule has 15 heavy (non-hydrogen) atoms. The molecule has 3 nitrogen and oxygen atoms in total. The first-order chi connectivity index (χ1) is 6.77. The van der Waals surface area contributed by atoms with E-state index in [0.717, 1.165) is 12.8 Å². The van der Waals surface area contributed by atoms with Gasteiger partial charge in [-0.15, -0.1) is 12.3 Å². The number of sulfone groups is 1. The highest BCUT2D eigenvalue weighted by Crippen LogP contribution is 2.23. The zero-order valence-electron chi connectivity index (χ0n) is 10.0. The molecule has 1 atom stereocenters. The number of rotatable bonds is 6. The SMILES string of the molecule is C#CCCCC(NC)C(C)(C)S(C)(=O)=O. The molecule has 0 bridgehead atoms. The molecule has 0 aromatic carbocycles. The highest BCUT2D eigenvalue weighted by Gasteiger charge is 2.37. The molecule has 1 N–H and O–H groups in total. The van der Waals surface area contributed by atoms with E-state index < -0.39 is 14.6 Å². The fraction of sp³-hybridized carbons (Fsp3) is 0.818. The summed E-state index contributed by atoms with van der Waals surface area (Å²) in [6.45, 7) is 3.50. The van der Waals surface area contributed by atoms with Crippen LogP contribution in [0.5, 0.6) is 0 Å². The Morgan fingerprint density at radius 2 is 2.00 bits per heavy atom. The Morgan fingerprint density at radius 3 is 2.33 bits per heavy atom. The fourth-order valence-corrected chi connectivity index (χ4v) is 2.26. The third-order valence-corrected chi connectivity index (χ3v) is 5.15. The minimum atomic E-state index is -3.06. The summed E-state index contributed by atoms with van der Waals surface area (Å²) in [7, 11) is -1.28. The van der Waals surface area contributed by atoms with Gasteiger partial charge < -0.3 is 5.32 Å². The van der Waals surface area contributed by atoms with Gasteiger partial charge in [0.1, 0.15) is 0 Å². The average Bonchev–Trinajstić information content (AvgIpc) is 2.10. The smallest absolute Gasteiger partial charge is 0.154 e. The van der Waals surface area contributed by atoms with Crippen molar-refractivity contribution in [3.05, 3.63) is 0 Å². The molecule has 1 unspecified atom stereocenters. The van der Waals surface area contributed by atoms with Crippen LogP contribution in [-0.2, 0) is 9.84 Å². The number of terminal acetylenes is 1. The number of hydrogen-bond donors (Lipinski definition) is 1. The van der Waals surface area contributed by atoms with Crippen molar-refractivity contribution in [1.29, 1.82) is 0 Å². The van der Waals surface area contributed by atoms with Crippen LogP contribution < -0.4 is 5.32 Å². The van der Waals surface area contributed by atoms with Gasteiger partial charge in [0, 0.05) is 18.7 Å². The minimum absolute atomic E-state index is 0.0548. The summed E-state index contributed by atoms with van der Waals surface area (Å²) >= 11 is 0. The lowest BCUT2D eigenvalue weighted by atomic mass is 9.97. The van der Waals surface area contributed by atoms with Gasteiger partial charge in [-0.25, -0.2) is 8.42 Å². The molecule has 4 heteroatoms. The first-order valence-corrected chi connectivity index (χ1v) is 6.96. The molecule has 0 aromatic rings. The van der Waals surface area contributed by atoms with Gasteiger partial charge in [0.25, 0.3) is 0 Å². The standard InChI is InChI=1S/C11H21NO2S/c1-6-7-8-9-10(12-4)11(2,3)15(5,13)14/h1,10,12H,7-9H2,2-5H3. The molecule has 0 fully saturated rings. The molecule has 0 saturated carbocycles. The molecule has 0 aliphatic rings. The molecular weight excluding hydrogens is 210 g/mol. The molecule has 0 aliphatic carbocycles. The van der Waals surface area contributed by atoms with Crippen molar-refractivity contribution in [3.63, 3.8) is 0 Å². The summed E-state index contributed by atoms with van der Waals surface area (Å²) in [6, 6.07) is -0.0548. The van der Waals surface area contributed by atoms with Crippen LogP contribution in [0.15, 0.2) is 0 Å². The molecule has 0 saturated heterocycles. The summed E-state index contributed by atoms with van der Waals surface area (Å²) in [6.07, 6.45) is 8.76. The Hall–Kier alpha value is -0.530. The van der Waals surface area contributed by atoms with Crippen LogP contribution in [0.1, 0.15) is 33.1 Å². The van der Waals surface area contributed by atoms with Crippen molar-refractivity contribution < 1.29 is 8.42 Å². The van der Waals surface area contributed by atoms with E-state index in [2.05, 4.69) is 11.2 Å². The van der Waals surface area contributed by atoms with Crippen molar-refractivity contribution in [2.24, 2.45) is 0 Å². The zero-order valence-corrected chi connectivity index (χ0v) is 10.8. The van der Waals surface area contributed by atoms with E-state index in [9.17, 15) is 8.42 Å². The second-order valence-corrected chi connectivity index (χ2v) is 6.91. The molecule has 0 aromatic heterocycles. The van der Waals surface area contributed by atoms with Crippen LogP contribution >= 0.6 is 0 Å². The maximum absolute atomic E-state index is 11.6. The highest BCUT2D eigenvalue weighted by atomic mass is 32.2. The van der Waals surface area contributed by atoms with Crippen molar-refractivity contribution >= 4 is 9.84 Å². The van der Waals surface area contributed by atoms with Gasteiger partial charge in [-0.3, -0.25) is 0 Å². The normalized spacial score (nSPS) is 14.6. The van der Waals surface area contributed by atoms with Crippen molar-refractivity contribution in [2.45, 2.75) is 43.9 Å². The lowest BCUT2D eigenvalue weighted by molar-refractivity contribution is 0.404. The van der Waals surface area contributed by atoms with E-state index in [0.29, 0.717) is 6.42 Å². The van der Waals surface area contributed by atoms with Crippen molar-refractivity contribution in [3.8, 4) is 12.3 Å². The maximum atomic E-state index is 11.6. The van der Waals surface area contributed by atoms with Gasteiger partial charge in [0.2, 0.25) is 0 Å². The first kappa shape index (κ1) is 14.5. The number of unbranched alkanes of at least 4 members (excludes halogenated alkanes) is 1. The Morgan fingerprint density at radius 1 is 1.47 bits per heavy atom. The van der Waals surface area contributed by atoms with Crippen LogP contribution in [0.25, 0.3) is 0 Å². The van der Waals surface area contributed by atoms with E-state index in [4.69, 9.17) is 6.42 Å². The molecule has 88 valence electrons. The predicted octanol–water partition coefficient (Wildman–Crippen LogP) is 1.20.